The number of halogens is 4. The van der Waals surface area contributed by atoms with Crippen LogP contribution in [0.4, 0.5) is 0 Å². The summed E-state index contributed by atoms with van der Waals surface area (Å²) in [5.41, 5.74) is 2.02. The zero-order chi connectivity index (χ0) is 39.2. The van der Waals surface area contributed by atoms with Gasteiger partial charge in [0.05, 0.1) is 26.0 Å². The van der Waals surface area contributed by atoms with Crippen molar-refractivity contribution < 1.29 is 82.8 Å². The van der Waals surface area contributed by atoms with E-state index < -0.39 is 47.8 Å². The molecule has 0 bridgehead atoms. The minimum atomic E-state index is -3.00. The van der Waals surface area contributed by atoms with E-state index >= 15 is 0 Å². The largest absolute Gasteiger partial charge is 1.00 e. The van der Waals surface area contributed by atoms with E-state index in [9.17, 15) is 14.4 Å². The van der Waals surface area contributed by atoms with E-state index in [2.05, 4.69) is 25.7 Å². The average Bonchev–Trinajstić information content (AvgIpc) is 2.96. The second-order valence-electron chi connectivity index (χ2n) is 6.47. The maximum atomic E-state index is 10.9. The normalized spacial score (nSPS) is 12.1. The van der Waals surface area contributed by atoms with E-state index in [1.54, 1.807) is 24.3 Å². The summed E-state index contributed by atoms with van der Waals surface area (Å²) >= 11 is 10.3. The number of hydrogen-bond donors (Lipinski definition) is 3. The van der Waals surface area contributed by atoms with Gasteiger partial charge in [0.2, 0.25) is 9.23 Å². The molecule has 3 N–H and O–H groups in total. The monoisotopic (exact) mass is 700 g/mol. The fourth-order valence-corrected chi connectivity index (χ4v) is 2.31. The summed E-state index contributed by atoms with van der Waals surface area (Å²) in [7, 11) is 4.36. The van der Waals surface area contributed by atoms with Gasteiger partial charge in [0.1, 0.15) is 11.9 Å². The number of aryl methyl sites for hydroxylation is 1. The van der Waals surface area contributed by atoms with Crippen molar-refractivity contribution >= 4 is 86.4 Å². The van der Waals surface area contributed by atoms with Crippen LogP contribution in [0.25, 0.3) is 0 Å². The van der Waals surface area contributed by atoms with Crippen LogP contribution in [0, 0.1) is 6.92 Å². The molecular formula is C25H26BCl4NaO10S. The molecule has 0 aliphatic carbocycles. The third-order valence-electron chi connectivity index (χ3n) is 3.86. The Hall–Kier alpha value is -2.22. The minimum Gasteiger partial charge on any atom is -0.478 e. The maximum Gasteiger partial charge on any atom is 1.00 e. The number of carboxylic acid groups (broad SMARTS) is 2. The van der Waals surface area contributed by atoms with Crippen LogP contribution in [0.2, 0.25) is 0 Å². The van der Waals surface area contributed by atoms with E-state index in [0.29, 0.717) is 5.56 Å². The predicted molar refractivity (Wildman–Crippen MR) is 161 cm³/mol. The number of carboxylic acids is 2. The molecule has 10 nitrogen and oxygen atoms in total. The molecule has 0 amide bonds. The molecule has 0 aliphatic rings. The average molecular weight is 702 g/mol. The molecule has 0 aliphatic heterocycles. The first-order valence-electron chi connectivity index (χ1n) is 14.2. The molecule has 3 aromatic rings. The van der Waals surface area contributed by atoms with Crippen LogP contribution in [-0.4, -0.2) is 57.2 Å². The Labute approximate surface area is 298 Å². The molecule has 17 heteroatoms. The van der Waals surface area contributed by atoms with Gasteiger partial charge < -0.3 is 19.6 Å². The molecule has 0 fully saturated rings. The summed E-state index contributed by atoms with van der Waals surface area (Å²) in [5.74, 6) is -4.58. The van der Waals surface area contributed by atoms with Crippen LogP contribution < -0.4 is 29.6 Å². The molecule has 0 saturated heterocycles. The molecule has 0 atom stereocenters. The van der Waals surface area contributed by atoms with Crippen LogP contribution in [0.3, 0.4) is 0 Å². The van der Waals surface area contributed by atoms with Crippen molar-refractivity contribution in [1.29, 1.82) is 5.34 Å². The van der Waals surface area contributed by atoms with Gasteiger partial charge in [-0.05, 0) is 54.4 Å². The number of aliphatic hydroxyl groups is 1. The van der Waals surface area contributed by atoms with Crippen molar-refractivity contribution in [2.24, 2.45) is 0 Å². The van der Waals surface area contributed by atoms with Crippen molar-refractivity contribution in [2.45, 2.75) is 19.3 Å². The van der Waals surface area contributed by atoms with Gasteiger partial charge in [-0.25, -0.2) is 23.9 Å². The Kier molecular flexibility index (Phi) is 21.5. The number of carbonyl (C=O) groups excluding carboxylic acids is 3. The summed E-state index contributed by atoms with van der Waals surface area (Å²) in [6.45, 7) is -0.497. The maximum absolute atomic E-state index is 10.9. The first-order valence-corrected chi connectivity index (χ1v) is 13.4. The molecule has 3 rings (SSSR count). The molecule has 0 aromatic heterocycles. The summed E-state index contributed by atoms with van der Waals surface area (Å²) in [5, 5.41) is 25.9. The van der Waals surface area contributed by atoms with Crippen molar-refractivity contribution in [3.05, 3.63) is 106 Å². The quantitative estimate of drug-likeness (QED) is 0.200. The standard InChI is InChI=1S/C8H6Cl2O2.C8H8O3.C8H8O2.CO2.BH4.Cl2OS.Na/c9-5-6-1-3-7(4-2-6)8(11)12-10;9-5-6-1-3-7(4-2-6)8(10)11;1-6-2-4-7(5-3-6)8(9)10;2-1-3;;1-4(2)3;/h1-4H,5H2;1-4,9H,5H2,(H,10,11);2-5H,1H3,(H,9,10);;1H4;;/q;;;;-1;;+1/i2*5D2;;;1D4;;. The van der Waals surface area contributed by atoms with Crippen LogP contribution in [0.1, 0.15) is 53.2 Å². The number of alkyl halides is 1. The van der Waals surface area contributed by atoms with Gasteiger partial charge in [0, 0.05) is 29.9 Å². The Morgan fingerprint density at radius 3 is 1.48 bits per heavy atom. The summed E-state index contributed by atoms with van der Waals surface area (Å²) in [4.78, 5) is 47.9. The van der Waals surface area contributed by atoms with E-state index in [1.807, 2.05) is 6.92 Å². The molecule has 0 unspecified atom stereocenters. The molecular weight excluding hydrogens is 668 g/mol. The summed E-state index contributed by atoms with van der Waals surface area (Å²) in [6.07, 6.45) is 0.250. The molecule has 0 radical (unpaired) electrons. The Morgan fingerprint density at radius 2 is 1.19 bits per heavy atom. The van der Waals surface area contributed by atoms with Gasteiger partial charge in [0.25, 0.3) is 0 Å². The number of benzene rings is 3. The second-order valence-corrected chi connectivity index (χ2v) is 9.34. The molecule has 0 spiro atoms. The van der Waals surface area contributed by atoms with E-state index in [1.165, 1.54) is 48.5 Å². The van der Waals surface area contributed by atoms with Crippen molar-refractivity contribution in [1.82, 2.24) is 0 Å². The summed E-state index contributed by atoms with van der Waals surface area (Å²) < 4.78 is 65.3. The SMILES string of the molecule is Cc1ccc(C(=O)O)cc1.O=C=O.O=S(Cl)Cl.[2H]C([2H])(Cl)c1ccc(C(=O)OCl)cc1.[2H]C([2H])(O)c1ccc(C(=O)O)cc1.[2H][B-]([2H])([2H])[2H].[Na+]. The van der Waals surface area contributed by atoms with Crippen LogP contribution >= 0.6 is 44.8 Å². The molecule has 0 saturated carbocycles. The smallest absolute Gasteiger partial charge is 0.478 e. The van der Waals surface area contributed by atoms with Gasteiger partial charge >= 0.3 is 53.6 Å². The zero-order valence-corrected chi connectivity index (χ0v) is 27.5. The summed E-state index contributed by atoms with van der Waals surface area (Å²) in [6, 6.07) is 17.3. The van der Waals surface area contributed by atoms with Gasteiger partial charge in [-0.1, -0.05) is 50.2 Å². The zero-order valence-electron chi connectivity index (χ0n) is 29.6. The number of carbonyl (C=O) groups is 3. The Morgan fingerprint density at radius 1 is 0.881 bits per heavy atom. The van der Waals surface area contributed by atoms with E-state index in [-0.39, 0.29) is 58.0 Å². The first-order chi connectivity index (χ1) is 22.2. The molecule has 224 valence electrons. The topological polar surface area (TPSA) is 172 Å². The number of aromatic carboxylic acids is 2. The fraction of sp³-hybridized carbons (Fsp3) is 0.120. The molecule has 3 aromatic carbocycles. The van der Waals surface area contributed by atoms with Crippen molar-refractivity contribution in [2.75, 3.05) is 0 Å². The van der Waals surface area contributed by atoms with Gasteiger partial charge in [-0.3, -0.25) is 0 Å². The fourth-order valence-electron chi connectivity index (χ4n) is 2.10. The van der Waals surface area contributed by atoms with Gasteiger partial charge in [0.15, 0.2) is 0 Å². The van der Waals surface area contributed by atoms with E-state index in [0.717, 1.165) is 5.56 Å². The van der Waals surface area contributed by atoms with E-state index in [4.69, 9.17) is 63.4 Å². The molecule has 42 heavy (non-hydrogen) atoms. The third-order valence-corrected chi connectivity index (χ3v) is 4.22. The molecule has 0 heterocycles. The minimum absolute atomic E-state index is 0. The predicted octanol–water partition coefficient (Wildman–Crippen LogP) is 1.32. The van der Waals surface area contributed by atoms with Crippen molar-refractivity contribution in [3.63, 3.8) is 0 Å². The number of hydrogen-bond acceptors (Lipinski definition) is 8. The first kappa shape index (κ1) is 31.2. The van der Waals surface area contributed by atoms with Gasteiger partial charge in [-0.2, -0.15) is 9.59 Å². The second kappa shape index (κ2) is 28.9. The number of rotatable bonds is 5. The Balaban J connectivity index is -0.000000273. The third kappa shape index (κ3) is 24.4. The van der Waals surface area contributed by atoms with Crippen LogP contribution in [0.5, 0.6) is 0 Å². The van der Waals surface area contributed by atoms with Crippen LogP contribution in [0.15, 0.2) is 72.8 Å². The van der Waals surface area contributed by atoms with Crippen LogP contribution in [-0.2, 0) is 35.5 Å². The van der Waals surface area contributed by atoms with Gasteiger partial charge in [-0.15, -0.1) is 11.6 Å². The van der Waals surface area contributed by atoms with Crippen molar-refractivity contribution in [3.8, 4) is 0 Å². The Bertz CT molecular complexity index is 1500.